The van der Waals surface area contributed by atoms with E-state index in [0.717, 1.165) is 16.7 Å². The Balaban J connectivity index is 2.08. The molecule has 0 aliphatic rings. The van der Waals surface area contributed by atoms with Gasteiger partial charge in [0.1, 0.15) is 0 Å². The van der Waals surface area contributed by atoms with E-state index in [1.54, 1.807) is 0 Å². The third-order valence-electron chi connectivity index (χ3n) is 5.31. The minimum absolute atomic E-state index is 0.122. The molecule has 0 aliphatic heterocycles. The highest BCUT2D eigenvalue weighted by Gasteiger charge is 2.42. The summed E-state index contributed by atoms with van der Waals surface area (Å²) < 4.78 is 14.5. The van der Waals surface area contributed by atoms with E-state index in [9.17, 15) is 14.3 Å². The summed E-state index contributed by atoms with van der Waals surface area (Å²) in [5.41, 5.74) is 2.82. The maximum absolute atomic E-state index is 14.5. The zero-order chi connectivity index (χ0) is 21.0. The predicted molar refractivity (Wildman–Crippen MR) is 113 cm³/mol. The molecule has 3 aromatic carbocycles. The number of aromatic nitrogens is 2. The molecule has 4 aromatic rings. The topological polar surface area (TPSA) is 66.0 Å². The smallest absolute Gasteiger partial charge is 0.303 e. The summed E-state index contributed by atoms with van der Waals surface area (Å²) in [6.07, 6.45) is -0.698. The SMILES string of the molecule is O=C(O)CCc1[nH]c(F)nc1C(c1ccccc1)(c1ccccc1)c1ccccc1. The van der Waals surface area contributed by atoms with Crippen LogP contribution in [0.3, 0.4) is 0 Å². The van der Waals surface area contributed by atoms with Crippen molar-refractivity contribution < 1.29 is 14.3 Å². The lowest BCUT2D eigenvalue weighted by atomic mass is 9.66. The van der Waals surface area contributed by atoms with Crippen molar-refractivity contribution in [3.63, 3.8) is 0 Å². The summed E-state index contributed by atoms with van der Waals surface area (Å²) in [7, 11) is 0. The van der Waals surface area contributed by atoms with Crippen molar-refractivity contribution in [3.05, 3.63) is 125 Å². The van der Waals surface area contributed by atoms with E-state index in [0.29, 0.717) is 11.4 Å². The van der Waals surface area contributed by atoms with E-state index in [1.165, 1.54) is 0 Å². The number of H-pyrrole nitrogens is 1. The molecule has 0 saturated carbocycles. The second kappa shape index (κ2) is 8.33. The van der Waals surface area contributed by atoms with E-state index in [-0.39, 0.29) is 12.8 Å². The van der Waals surface area contributed by atoms with Crippen LogP contribution in [0.5, 0.6) is 0 Å². The first kappa shape index (κ1) is 19.6. The zero-order valence-corrected chi connectivity index (χ0v) is 16.3. The van der Waals surface area contributed by atoms with Gasteiger partial charge in [-0.05, 0) is 23.1 Å². The molecule has 4 rings (SSSR count). The third-order valence-corrected chi connectivity index (χ3v) is 5.31. The molecular formula is C25H21FN2O2. The normalized spacial score (nSPS) is 11.4. The molecule has 0 saturated heterocycles. The van der Waals surface area contributed by atoms with Crippen LogP contribution in [0, 0.1) is 6.08 Å². The van der Waals surface area contributed by atoms with Gasteiger partial charge in [-0.1, -0.05) is 91.0 Å². The number of carboxylic acid groups (broad SMARTS) is 1. The van der Waals surface area contributed by atoms with E-state index < -0.39 is 17.5 Å². The highest BCUT2D eigenvalue weighted by molar-refractivity contribution is 5.67. The summed E-state index contributed by atoms with van der Waals surface area (Å²) in [4.78, 5) is 18.2. The molecule has 0 fully saturated rings. The van der Waals surface area contributed by atoms with Crippen molar-refractivity contribution in [3.8, 4) is 0 Å². The number of nitrogens with one attached hydrogen (secondary N) is 1. The molecule has 0 radical (unpaired) electrons. The van der Waals surface area contributed by atoms with Gasteiger partial charge in [0.25, 0.3) is 6.08 Å². The van der Waals surface area contributed by atoms with Gasteiger partial charge in [0, 0.05) is 5.69 Å². The Hall–Kier alpha value is -3.73. The van der Waals surface area contributed by atoms with Gasteiger partial charge >= 0.3 is 5.97 Å². The summed E-state index contributed by atoms with van der Waals surface area (Å²) >= 11 is 0. The van der Waals surface area contributed by atoms with Gasteiger partial charge in [-0.3, -0.25) is 4.79 Å². The number of hydrogen-bond acceptors (Lipinski definition) is 2. The molecule has 2 N–H and O–H groups in total. The maximum atomic E-state index is 14.5. The van der Waals surface area contributed by atoms with Gasteiger partial charge in [-0.15, -0.1) is 0 Å². The molecule has 0 bridgehead atoms. The minimum Gasteiger partial charge on any atom is -0.481 e. The second-order valence-electron chi connectivity index (χ2n) is 7.10. The molecule has 0 atom stereocenters. The summed E-state index contributed by atoms with van der Waals surface area (Å²) in [5.74, 6) is -0.944. The van der Waals surface area contributed by atoms with E-state index in [1.807, 2.05) is 91.0 Å². The highest BCUT2D eigenvalue weighted by Crippen LogP contribution is 2.45. The molecule has 5 heteroatoms. The molecule has 4 nitrogen and oxygen atoms in total. The Bertz CT molecular complexity index is 1030. The minimum atomic E-state index is -0.944. The van der Waals surface area contributed by atoms with Crippen LogP contribution in [0.1, 0.15) is 34.5 Å². The highest BCUT2D eigenvalue weighted by atomic mass is 19.1. The maximum Gasteiger partial charge on any atom is 0.303 e. The summed E-state index contributed by atoms with van der Waals surface area (Å²) in [6, 6.07) is 29.4. The van der Waals surface area contributed by atoms with Crippen molar-refractivity contribution in [2.45, 2.75) is 18.3 Å². The number of halogens is 1. The zero-order valence-electron chi connectivity index (χ0n) is 16.3. The molecule has 150 valence electrons. The van der Waals surface area contributed by atoms with E-state index in [4.69, 9.17) is 0 Å². The lowest BCUT2D eigenvalue weighted by molar-refractivity contribution is -0.136. The van der Waals surface area contributed by atoms with Gasteiger partial charge in [0.05, 0.1) is 17.5 Å². The number of rotatable bonds is 7. The Kier molecular flexibility index (Phi) is 5.44. The Morgan fingerprint density at radius 3 is 1.67 bits per heavy atom. The number of hydrogen-bond donors (Lipinski definition) is 2. The van der Waals surface area contributed by atoms with E-state index >= 15 is 0 Å². The average Bonchev–Trinajstić information content (AvgIpc) is 3.16. The van der Waals surface area contributed by atoms with Gasteiger partial charge in [-0.2, -0.15) is 4.39 Å². The monoisotopic (exact) mass is 400 g/mol. The van der Waals surface area contributed by atoms with Gasteiger partial charge < -0.3 is 10.1 Å². The predicted octanol–water partition coefficient (Wildman–Crippen LogP) is 4.95. The second-order valence-corrected chi connectivity index (χ2v) is 7.10. The molecular weight excluding hydrogens is 379 g/mol. The number of aromatic amines is 1. The fourth-order valence-electron chi connectivity index (χ4n) is 4.07. The Morgan fingerprint density at radius 1 is 0.833 bits per heavy atom. The van der Waals surface area contributed by atoms with Crippen LogP contribution >= 0.6 is 0 Å². The van der Waals surface area contributed by atoms with Crippen LogP contribution in [0.2, 0.25) is 0 Å². The third kappa shape index (κ3) is 3.50. The first-order chi connectivity index (χ1) is 14.6. The number of imidazole rings is 1. The molecule has 0 aliphatic carbocycles. The van der Waals surface area contributed by atoms with Gasteiger partial charge in [0.15, 0.2) is 0 Å². The lowest BCUT2D eigenvalue weighted by Crippen LogP contribution is -2.32. The van der Waals surface area contributed by atoms with Gasteiger partial charge in [-0.25, -0.2) is 4.98 Å². The van der Waals surface area contributed by atoms with Crippen molar-refractivity contribution >= 4 is 5.97 Å². The van der Waals surface area contributed by atoms with E-state index in [2.05, 4.69) is 9.97 Å². The number of benzene rings is 3. The van der Waals surface area contributed by atoms with Crippen LogP contribution < -0.4 is 0 Å². The summed E-state index contributed by atoms with van der Waals surface area (Å²) in [5, 5.41) is 9.20. The number of aryl methyl sites for hydroxylation is 1. The number of carboxylic acids is 1. The first-order valence-corrected chi connectivity index (χ1v) is 9.75. The molecule has 0 unspecified atom stereocenters. The van der Waals surface area contributed by atoms with Crippen LogP contribution in [-0.4, -0.2) is 21.0 Å². The Morgan fingerprint density at radius 2 is 1.27 bits per heavy atom. The molecule has 30 heavy (non-hydrogen) atoms. The largest absolute Gasteiger partial charge is 0.481 e. The van der Waals surface area contributed by atoms with Crippen molar-refractivity contribution in [1.29, 1.82) is 0 Å². The number of carbonyl (C=O) groups is 1. The molecule has 1 heterocycles. The fraction of sp³-hybridized carbons (Fsp3) is 0.120. The molecule has 0 amide bonds. The van der Waals surface area contributed by atoms with Crippen LogP contribution in [0.25, 0.3) is 0 Å². The fourth-order valence-corrected chi connectivity index (χ4v) is 4.07. The van der Waals surface area contributed by atoms with Crippen molar-refractivity contribution in [2.75, 3.05) is 0 Å². The molecule has 1 aromatic heterocycles. The molecule has 0 spiro atoms. The first-order valence-electron chi connectivity index (χ1n) is 9.75. The lowest BCUT2D eigenvalue weighted by Gasteiger charge is -2.35. The standard InChI is InChI=1S/C25H21FN2O2/c26-24-27-21(16-17-22(29)30)23(28-24)25(18-10-4-1-5-11-18,19-12-6-2-7-13-19)20-14-8-3-9-15-20/h1-15H,16-17H2,(H,27,28)(H,29,30). The van der Waals surface area contributed by atoms with Gasteiger partial charge in [0.2, 0.25) is 0 Å². The average molecular weight is 400 g/mol. The Labute approximate surface area is 174 Å². The van der Waals surface area contributed by atoms with Crippen molar-refractivity contribution in [1.82, 2.24) is 9.97 Å². The summed E-state index contributed by atoms with van der Waals surface area (Å²) in [6.45, 7) is 0. The van der Waals surface area contributed by atoms with Crippen LogP contribution in [0.15, 0.2) is 91.0 Å². The van der Waals surface area contributed by atoms with Crippen molar-refractivity contribution in [2.24, 2.45) is 0 Å². The quantitative estimate of drug-likeness (QED) is 0.432. The number of nitrogens with zero attached hydrogens (tertiary/aromatic N) is 1. The number of aliphatic carboxylic acids is 1. The van der Waals surface area contributed by atoms with Crippen LogP contribution in [0.4, 0.5) is 4.39 Å². The van der Waals surface area contributed by atoms with Crippen LogP contribution in [-0.2, 0) is 16.6 Å².